The molecule has 0 atom stereocenters. The van der Waals surface area contributed by atoms with Gasteiger partial charge in [0, 0.05) is 45.0 Å². The van der Waals surface area contributed by atoms with Gasteiger partial charge in [-0.1, -0.05) is 60.7 Å². The first-order chi connectivity index (χ1) is 16.3. The molecular weight excluding hydrogens is 410 g/mol. The minimum absolute atomic E-state index is 0.0998. The SMILES string of the molecule is O=C(CCCN1CCN(c2ncccn2)CC1)NC1c2ccccc2C=Cc2ccccc21. The van der Waals surface area contributed by atoms with Crippen molar-refractivity contribution < 1.29 is 4.79 Å². The van der Waals surface area contributed by atoms with E-state index in [1.165, 1.54) is 0 Å². The van der Waals surface area contributed by atoms with Gasteiger partial charge in [0.15, 0.2) is 0 Å². The third-order valence-corrected chi connectivity index (χ3v) is 6.45. The maximum absolute atomic E-state index is 12.9. The summed E-state index contributed by atoms with van der Waals surface area (Å²) < 4.78 is 0. The third-order valence-electron chi connectivity index (χ3n) is 6.45. The van der Waals surface area contributed by atoms with E-state index in [0.717, 1.165) is 67.3 Å². The summed E-state index contributed by atoms with van der Waals surface area (Å²) in [6.07, 6.45) is 9.22. The van der Waals surface area contributed by atoms with Crippen LogP contribution in [0.3, 0.4) is 0 Å². The second-order valence-corrected chi connectivity index (χ2v) is 8.57. The van der Waals surface area contributed by atoms with E-state index in [2.05, 4.69) is 61.5 Å². The molecule has 0 bridgehead atoms. The molecule has 1 aliphatic heterocycles. The number of nitrogens with zero attached hydrogens (tertiary/aromatic N) is 4. The lowest BCUT2D eigenvalue weighted by molar-refractivity contribution is -0.121. The molecule has 1 amide bonds. The van der Waals surface area contributed by atoms with Gasteiger partial charge in [-0.2, -0.15) is 0 Å². The first-order valence-electron chi connectivity index (χ1n) is 11.7. The molecule has 6 heteroatoms. The second kappa shape index (κ2) is 9.96. The van der Waals surface area contributed by atoms with E-state index in [9.17, 15) is 4.79 Å². The fraction of sp³-hybridized carbons (Fsp3) is 0.296. The van der Waals surface area contributed by atoms with E-state index in [-0.39, 0.29) is 11.9 Å². The van der Waals surface area contributed by atoms with Crippen LogP contribution < -0.4 is 10.2 Å². The number of anilines is 1. The Morgan fingerprint density at radius 3 is 2.09 bits per heavy atom. The Kier molecular flexibility index (Phi) is 6.44. The van der Waals surface area contributed by atoms with Crippen molar-refractivity contribution in [3.8, 4) is 0 Å². The number of carbonyl (C=O) groups is 1. The zero-order valence-electron chi connectivity index (χ0n) is 18.7. The van der Waals surface area contributed by atoms with Crippen molar-refractivity contribution >= 4 is 24.0 Å². The number of aromatic nitrogens is 2. The molecule has 0 saturated carbocycles. The third kappa shape index (κ3) is 4.96. The van der Waals surface area contributed by atoms with Crippen LogP contribution in [0.1, 0.15) is 41.1 Å². The van der Waals surface area contributed by atoms with Gasteiger partial charge >= 0.3 is 0 Å². The van der Waals surface area contributed by atoms with E-state index >= 15 is 0 Å². The number of amides is 1. The smallest absolute Gasteiger partial charge is 0.225 e. The number of carbonyl (C=O) groups excluding carboxylic acids is 1. The Hall–Kier alpha value is -3.51. The van der Waals surface area contributed by atoms with Crippen LogP contribution in [0.4, 0.5) is 5.95 Å². The lowest BCUT2D eigenvalue weighted by Gasteiger charge is -2.34. The Balaban J connectivity index is 1.16. The summed E-state index contributed by atoms with van der Waals surface area (Å²) in [5.41, 5.74) is 4.59. The molecule has 0 radical (unpaired) electrons. The van der Waals surface area contributed by atoms with Crippen LogP contribution in [-0.4, -0.2) is 53.5 Å². The Bertz CT molecular complexity index is 1070. The van der Waals surface area contributed by atoms with Crippen molar-refractivity contribution in [1.82, 2.24) is 20.2 Å². The van der Waals surface area contributed by atoms with Crippen molar-refractivity contribution in [3.63, 3.8) is 0 Å². The summed E-state index contributed by atoms with van der Waals surface area (Å²) in [6.45, 7) is 4.69. The average Bonchev–Trinajstić information content (AvgIpc) is 3.02. The quantitative estimate of drug-likeness (QED) is 0.634. The molecule has 1 fully saturated rings. The summed E-state index contributed by atoms with van der Waals surface area (Å²) in [4.78, 5) is 26.3. The van der Waals surface area contributed by atoms with Crippen LogP contribution in [0.15, 0.2) is 67.0 Å². The average molecular weight is 440 g/mol. The van der Waals surface area contributed by atoms with Crippen LogP contribution in [0.5, 0.6) is 0 Å². The lowest BCUT2D eigenvalue weighted by Crippen LogP contribution is -2.47. The number of hydrogen-bond acceptors (Lipinski definition) is 5. The molecule has 2 aromatic carbocycles. The summed E-state index contributed by atoms with van der Waals surface area (Å²) >= 11 is 0. The molecule has 168 valence electrons. The predicted molar refractivity (Wildman–Crippen MR) is 132 cm³/mol. The standard InChI is InChI=1S/C27H29N5O/c33-25(11-5-16-31-17-19-32(20-18-31)27-28-14-6-15-29-27)30-26-23-9-3-1-7-21(23)12-13-22-8-2-4-10-24(22)26/h1-4,6-10,12-15,26H,5,11,16-20H2,(H,30,33). The topological polar surface area (TPSA) is 61.4 Å². The normalized spacial score (nSPS) is 16.1. The van der Waals surface area contributed by atoms with Gasteiger partial charge in [-0.25, -0.2) is 9.97 Å². The monoisotopic (exact) mass is 439 g/mol. The van der Waals surface area contributed by atoms with E-state index in [4.69, 9.17) is 0 Å². The predicted octanol–water partition coefficient (Wildman–Crippen LogP) is 3.77. The molecule has 2 heterocycles. The first kappa shape index (κ1) is 21.3. The van der Waals surface area contributed by atoms with Crippen LogP contribution in [0.25, 0.3) is 12.2 Å². The largest absolute Gasteiger partial charge is 0.345 e. The van der Waals surface area contributed by atoms with Crippen molar-refractivity contribution in [3.05, 3.63) is 89.2 Å². The summed E-state index contributed by atoms with van der Waals surface area (Å²) in [5.74, 6) is 0.901. The van der Waals surface area contributed by atoms with Crippen LogP contribution in [-0.2, 0) is 4.79 Å². The molecule has 3 aromatic rings. The van der Waals surface area contributed by atoms with Crippen LogP contribution >= 0.6 is 0 Å². The minimum atomic E-state index is -0.130. The molecule has 33 heavy (non-hydrogen) atoms. The van der Waals surface area contributed by atoms with E-state index in [1.807, 2.05) is 30.3 Å². The number of rotatable bonds is 6. The fourth-order valence-corrected chi connectivity index (χ4v) is 4.68. The van der Waals surface area contributed by atoms with Crippen LogP contribution in [0.2, 0.25) is 0 Å². The van der Waals surface area contributed by atoms with E-state index in [1.54, 1.807) is 12.4 Å². The Morgan fingerprint density at radius 2 is 1.45 bits per heavy atom. The molecule has 0 spiro atoms. The van der Waals surface area contributed by atoms with Crippen molar-refractivity contribution in [2.45, 2.75) is 18.9 Å². The number of nitrogens with one attached hydrogen (secondary N) is 1. The van der Waals surface area contributed by atoms with Gasteiger partial charge in [0.25, 0.3) is 0 Å². The highest BCUT2D eigenvalue weighted by Crippen LogP contribution is 2.32. The number of fused-ring (bicyclic) bond motifs is 2. The minimum Gasteiger partial charge on any atom is -0.345 e. The number of piperazine rings is 1. The van der Waals surface area contributed by atoms with Gasteiger partial charge in [-0.15, -0.1) is 0 Å². The van der Waals surface area contributed by atoms with E-state index < -0.39 is 0 Å². The fourth-order valence-electron chi connectivity index (χ4n) is 4.68. The second-order valence-electron chi connectivity index (χ2n) is 8.57. The van der Waals surface area contributed by atoms with Gasteiger partial charge in [0.1, 0.15) is 0 Å². The Labute approximate surface area is 195 Å². The van der Waals surface area contributed by atoms with Gasteiger partial charge < -0.3 is 10.2 Å². The molecule has 1 aromatic heterocycles. The number of benzene rings is 2. The molecule has 5 rings (SSSR count). The van der Waals surface area contributed by atoms with E-state index in [0.29, 0.717) is 6.42 Å². The highest BCUT2D eigenvalue weighted by atomic mass is 16.1. The van der Waals surface area contributed by atoms with Gasteiger partial charge in [0.2, 0.25) is 11.9 Å². The maximum atomic E-state index is 12.9. The highest BCUT2D eigenvalue weighted by Gasteiger charge is 2.23. The van der Waals surface area contributed by atoms with Gasteiger partial charge in [0.05, 0.1) is 6.04 Å². The maximum Gasteiger partial charge on any atom is 0.225 e. The zero-order chi connectivity index (χ0) is 22.5. The molecule has 2 aliphatic rings. The molecular formula is C27H29N5O. The molecule has 0 unspecified atom stereocenters. The molecule has 1 saturated heterocycles. The molecule has 6 nitrogen and oxygen atoms in total. The summed E-state index contributed by atoms with van der Waals surface area (Å²) in [7, 11) is 0. The highest BCUT2D eigenvalue weighted by molar-refractivity contribution is 5.80. The first-order valence-corrected chi connectivity index (χ1v) is 11.7. The summed E-state index contributed by atoms with van der Waals surface area (Å²) in [6, 6.07) is 18.3. The van der Waals surface area contributed by atoms with Crippen molar-refractivity contribution in [2.75, 3.05) is 37.6 Å². The van der Waals surface area contributed by atoms with Gasteiger partial charge in [-0.05, 0) is 41.3 Å². The molecule has 1 aliphatic carbocycles. The summed E-state index contributed by atoms with van der Waals surface area (Å²) in [5, 5.41) is 3.32. The Morgan fingerprint density at radius 1 is 0.848 bits per heavy atom. The number of hydrogen-bond donors (Lipinski definition) is 1. The van der Waals surface area contributed by atoms with Crippen molar-refractivity contribution in [2.24, 2.45) is 0 Å². The zero-order valence-corrected chi connectivity index (χ0v) is 18.7. The molecule has 1 N–H and O–H groups in total. The van der Waals surface area contributed by atoms with Gasteiger partial charge in [-0.3, -0.25) is 9.69 Å². The van der Waals surface area contributed by atoms with Crippen molar-refractivity contribution in [1.29, 1.82) is 0 Å². The van der Waals surface area contributed by atoms with Crippen LogP contribution in [0, 0.1) is 0 Å². The lowest BCUT2D eigenvalue weighted by atomic mass is 9.94.